The number of carbonyl (C=O) groups excluding carboxylic acids is 1. The highest BCUT2D eigenvalue weighted by Gasteiger charge is 2.42. The number of nitrogens with one attached hydrogen (secondary N) is 1. The van der Waals surface area contributed by atoms with Crippen LogP contribution in [0.1, 0.15) is 25.8 Å². The van der Waals surface area contributed by atoms with Crippen LogP contribution >= 0.6 is 12.4 Å². The van der Waals surface area contributed by atoms with E-state index in [1.54, 1.807) is 30.3 Å². The van der Waals surface area contributed by atoms with Gasteiger partial charge >= 0.3 is 12.6 Å². The molecule has 6 nitrogen and oxygen atoms in total. The van der Waals surface area contributed by atoms with Crippen molar-refractivity contribution < 1.29 is 28.2 Å². The third-order valence-electron chi connectivity index (χ3n) is 3.64. The molecule has 1 amide bonds. The van der Waals surface area contributed by atoms with Gasteiger partial charge in [0.1, 0.15) is 0 Å². The second-order valence-corrected chi connectivity index (χ2v) is 6.35. The maximum Gasteiger partial charge on any atom is 0.345 e. The standard InChI is InChI=1S/C17H24F2N2O4.ClH/c1-11(2)8-13(20)14(22)21-17(15(23)24,10-25-16(18)19)9-12-6-4-3-5-7-12;/h3-7,11,13,16H,8-10,20H2,1-2H3,(H,21,22)(H,23,24);1H/t13-,17-;/m0./s1. The van der Waals surface area contributed by atoms with Crippen molar-refractivity contribution in [2.24, 2.45) is 11.7 Å². The van der Waals surface area contributed by atoms with Gasteiger partial charge in [-0.1, -0.05) is 44.2 Å². The van der Waals surface area contributed by atoms with Crippen LogP contribution in [0.4, 0.5) is 8.78 Å². The summed E-state index contributed by atoms with van der Waals surface area (Å²) in [6, 6.07) is 7.44. The van der Waals surface area contributed by atoms with Crippen LogP contribution in [0.2, 0.25) is 0 Å². The first-order valence-corrected chi connectivity index (χ1v) is 7.91. The van der Waals surface area contributed by atoms with E-state index in [9.17, 15) is 23.5 Å². The van der Waals surface area contributed by atoms with Gasteiger partial charge < -0.3 is 20.9 Å². The maximum atomic E-state index is 12.5. The number of carboxylic acids is 1. The Morgan fingerprint density at radius 1 is 1.27 bits per heavy atom. The van der Waals surface area contributed by atoms with Gasteiger partial charge in [0.05, 0.1) is 12.6 Å². The number of ether oxygens (including phenoxy) is 1. The molecule has 0 aromatic heterocycles. The second-order valence-electron chi connectivity index (χ2n) is 6.35. The number of hydrogen-bond acceptors (Lipinski definition) is 4. The minimum Gasteiger partial charge on any atom is -0.479 e. The lowest BCUT2D eigenvalue weighted by molar-refractivity contribution is -0.168. The van der Waals surface area contributed by atoms with Gasteiger partial charge in [-0.2, -0.15) is 8.78 Å². The van der Waals surface area contributed by atoms with Gasteiger partial charge in [0, 0.05) is 6.42 Å². The summed E-state index contributed by atoms with van der Waals surface area (Å²) in [5, 5.41) is 11.9. The van der Waals surface area contributed by atoms with Gasteiger partial charge in [0.2, 0.25) is 5.91 Å². The average Bonchev–Trinajstić information content (AvgIpc) is 2.52. The highest BCUT2D eigenvalue weighted by Crippen LogP contribution is 2.18. The average molecular weight is 395 g/mol. The molecule has 0 aliphatic heterocycles. The number of alkyl halides is 2. The van der Waals surface area contributed by atoms with Crippen molar-refractivity contribution in [2.45, 2.75) is 44.9 Å². The highest BCUT2D eigenvalue weighted by molar-refractivity contribution is 5.90. The van der Waals surface area contributed by atoms with Gasteiger partial charge in [-0.3, -0.25) is 4.79 Å². The summed E-state index contributed by atoms with van der Waals surface area (Å²) in [6.45, 7) is -0.312. The van der Waals surface area contributed by atoms with E-state index in [1.165, 1.54) is 0 Å². The van der Waals surface area contributed by atoms with E-state index >= 15 is 0 Å². The minimum atomic E-state index is -3.16. The van der Waals surface area contributed by atoms with Crippen LogP contribution in [-0.4, -0.2) is 41.8 Å². The van der Waals surface area contributed by atoms with Crippen molar-refractivity contribution in [1.29, 1.82) is 0 Å². The van der Waals surface area contributed by atoms with Gasteiger partial charge in [0.25, 0.3) is 0 Å². The first kappa shape index (κ1) is 24.2. The predicted octanol–water partition coefficient (Wildman–Crippen LogP) is 2.20. The maximum absolute atomic E-state index is 12.5. The third kappa shape index (κ3) is 7.63. The zero-order chi connectivity index (χ0) is 19.0. The Morgan fingerprint density at radius 2 is 1.85 bits per heavy atom. The Hall–Kier alpha value is -1.77. The predicted molar refractivity (Wildman–Crippen MR) is 95.3 cm³/mol. The van der Waals surface area contributed by atoms with Crippen LogP contribution in [0.25, 0.3) is 0 Å². The number of nitrogens with two attached hydrogens (primary N) is 1. The normalized spacial score (nSPS) is 14.4. The van der Waals surface area contributed by atoms with Crippen molar-refractivity contribution in [2.75, 3.05) is 6.61 Å². The van der Waals surface area contributed by atoms with E-state index in [-0.39, 0.29) is 24.7 Å². The lowest BCUT2D eigenvalue weighted by Gasteiger charge is -2.31. The summed E-state index contributed by atoms with van der Waals surface area (Å²) in [5.41, 5.74) is 4.30. The van der Waals surface area contributed by atoms with Crippen molar-refractivity contribution in [3.05, 3.63) is 35.9 Å². The number of carbonyl (C=O) groups is 2. The number of rotatable bonds is 10. The molecule has 0 heterocycles. The van der Waals surface area contributed by atoms with Gasteiger partial charge in [-0.25, -0.2) is 4.79 Å². The molecule has 0 aliphatic rings. The van der Waals surface area contributed by atoms with E-state index in [4.69, 9.17) is 5.73 Å². The van der Waals surface area contributed by atoms with Crippen LogP contribution in [0, 0.1) is 5.92 Å². The summed E-state index contributed by atoms with van der Waals surface area (Å²) in [6.07, 6.45) is 0.124. The number of hydrogen-bond donors (Lipinski definition) is 3. The zero-order valence-corrected chi connectivity index (χ0v) is 15.5. The van der Waals surface area contributed by atoms with Crippen molar-refractivity contribution in [3.63, 3.8) is 0 Å². The molecule has 0 bridgehead atoms. The molecular weight excluding hydrogens is 370 g/mol. The van der Waals surface area contributed by atoms with E-state index in [1.807, 2.05) is 13.8 Å². The van der Waals surface area contributed by atoms with Crippen LogP contribution in [-0.2, 0) is 20.7 Å². The summed E-state index contributed by atoms with van der Waals surface area (Å²) in [5.74, 6) is -2.07. The van der Waals surface area contributed by atoms with Gasteiger partial charge in [-0.05, 0) is 17.9 Å². The minimum absolute atomic E-state index is 0. The molecule has 0 aliphatic carbocycles. The number of aliphatic carboxylic acids is 1. The highest BCUT2D eigenvalue weighted by atomic mass is 35.5. The second kappa shape index (κ2) is 11.1. The third-order valence-corrected chi connectivity index (χ3v) is 3.64. The van der Waals surface area contributed by atoms with E-state index < -0.39 is 36.7 Å². The molecule has 26 heavy (non-hydrogen) atoms. The van der Waals surface area contributed by atoms with Crippen molar-refractivity contribution >= 4 is 24.3 Å². The van der Waals surface area contributed by atoms with Crippen LogP contribution in [0.5, 0.6) is 0 Å². The van der Waals surface area contributed by atoms with Crippen molar-refractivity contribution in [3.8, 4) is 0 Å². The molecule has 1 aromatic rings. The Labute approximate surface area is 157 Å². The molecule has 0 unspecified atom stereocenters. The quantitative estimate of drug-likeness (QED) is 0.564. The molecule has 0 saturated heterocycles. The lowest BCUT2D eigenvalue weighted by Crippen LogP contribution is -2.62. The number of benzene rings is 1. The first-order valence-electron chi connectivity index (χ1n) is 7.91. The first-order chi connectivity index (χ1) is 11.7. The summed E-state index contributed by atoms with van der Waals surface area (Å²) in [7, 11) is 0. The fraction of sp³-hybridized carbons (Fsp3) is 0.529. The number of carboxylic acid groups (broad SMARTS) is 1. The molecule has 0 fully saturated rings. The molecule has 0 spiro atoms. The molecule has 148 valence electrons. The van der Waals surface area contributed by atoms with E-state index in [0.29, 0.717) is 12.0 Å². The Bertz CT molecular complexity index is 575. The molecule has 0 saturated carbocycles. The van der Waals surface area contributed by atoms with Gasteiger partial charge in [-0.15, -0.1) is 12.4 Å². The number of amides is 1. The topological polar surface area (TPSA) is 102 Å². The lowest BCUT2D eigenvalue weighted by atomic mass is 9.90. The molecular formula is C17H25ClF2N2O4. The summed E-state index contributed by atoms with van der Waals surface area (Å²) in [4.78, 5) is 24.1. The Balaban J connectivity index is 0.00000625. The fourth-order valence-corrected chi connectivity index (χ4v) is 2.42. The van der Waals surface area contributed by atoms with E-state index in [2.05, 4.69) is 10.1 Å². The fourth-order valence-electron chi connectivity index (χ4n) is 2.42. The Kier molecular flexibility index (Phi) is 10.3. The molecule has 4 N–H and O–H groups in total. The molecule has 2 atom stereocenters. The smallest absolute Gasteiger partial charge is 0.345 e. The van der Waals surface area contributed by atoms with E-state index in [0.717, 1.165) is 0 Å². The summed E-state index contributed by atoms with van der Waals surface area (Å²) < 4.78 is 29.2. The summed E-state index contributed by atoms with van der Waals surface area (Å²) >= 11 is 0. The Morgan fingerprint density at radius 3 is 2.31 bits per heavy atom. The largest absolute Gasteiger partial charge is 0.479 e. The SMILES string of the molecule is CC(C)C[C@H](N)C(=O)N[C@](COC(F)F)(Cc1ccccc1)C(=O)O.Cl. The van der Waals surface area contributed by atoms with Crippen molar-refractivity contribution in [1.82, 2.24) is 5.32 Å². The van der Waals surface area contributed by atoms with Crippen LogP contribution < -0.4 is 11.1 Å². The molecule has 1 aromatic carbocycles. The van der Waals surface area contributed by atoms with Crippen LogP contribution in [0.15, 0.2) is 30.3 Å². The molecule has 0 radical (unpaired) electrons. The molecule has 9 heteroatoms. The van der Waals surface area contributed by atoms with Crippen LogP contribution in [0.3, 0.4) is 0 Å². The zero-order valence-electron chi connectivity index (χ0n) is 14.7. The monoisotopic (exact) mass is 394 g/mol. The van der Waals surface area contributed by atoms with Gasteiger partial charge in [0.15, 0.2) is 5.54 Å². The number of halogens is 3. The molecule has 1 rings (SSSR count).